The third kappa shape index (κ3) is 2.71. The van der Waals surface area contributed by atoms with Crippen LogP contribution in [0.3, 0.4) is 0 Å². The van der Waals surface area contributed by atoms with E-state index in [1.165, 1.54) is 11.9 Å². The van der Waals surface area contributed by atoms with Crippen LogP contribution < -0.4 is 5.73 Å². The van der Waals surface area contributed by atoms with Crippen LogP contribution in [0.15, 0.2) is 30.6 Å². The van der Waals surface area contributed by atoms with E-state index < -0.39 is 0 Å². The number of anilines is 1. The molecule has 3 rings (SSSR count). The van der Waals surface area contributed by atoms with Gasteiger partial charge in [-0.2, -0.15) is 4.98 Å². The van der Waals surface area contributed by atoms with Gasteiger partial charge in [0.15, 0.2) is 5.82 Å². The molecule has 0 unspecified atom stereocenters. The van der Waals surface area contributed by atoms with Crippen LogP contribution in [0.5, 0.6) is 0 Å². The van der Waals surface area contributed by atoms with Crippen molar-refractivity contribution in [3.8, 4) is 11.4 Å². The van der Waals surface area contributed by atoms with Crippen molar-refractivity contribution < 1.29 is 4.74 Å². The van der Waals surface area contributed by atoms with Gasteiger partial charge in [-0.1, -0.05) is 24.3 Å². The third-order valence-corrected chi connectivity index (χ3v) is 3.45. The molecule has 0 saturated carbocycles. The molecule has 1 aliphatic rings. The highest BCUT2D eigenvalue weighted by molar-refractivity contribution is 5.56. The van der Waals surface area contributed by atoms with Crippen molar-refractivity contribution in [3.63, 3.8) is 0 Å². The molecule has 19 heavy (non-hydrogen) atoms. The molecule has 0 radical (unpaired) electrons. The number of nitrogens with zero attached hydrogens (tertiary/aromatic N) is 3. The van der Waals surface area contributed by atoms with Gasteiger partial charge in [0.05, 0.1) is 0 Å². The predicted octanol–water partition coefficient (Wildman–Crippen LogP) is 2.01. The lowest BCUT2D eigenvalue weighted by Crippen LogP contribution is -2.13. The first-order valence-electron chi connectivity index (χ1n) is 6.45. The Labute approximate surface area is 111 Å². The summed E-state index contributed by atoms with van der Waals surface area (Å²) < 4.78 is 5.39. The topological polar surface area (TPSA) is 73.9 Å². The van der Waals surface area contributed by atoms with Gasteiger partial charge >= 0.3 is 0 Å². The smallest absolute Gasteiger partial charge is 0.223 e. The van der Waals surface area contributed by atoms with E-state index in [0.29, 0.717) is 11.7 Å². The first-order chi connectivity index (χ1) is 9.33. The number of hydrogen-bond acceptors (Lipinski definition) is 5. The van der Waals surface area contributed by atoms with Crippen molar-refractivity contribution >= 4 is 5.95 Å². The van der Waals surface area contributed by atoms with Crippen molar-refractivity contribution in [2.24, 2.45) is 0 Å². The normalized spacial score (nSPS) is 16.4. The Kier molecular flexibility index (Phi) is 3.37. The maximum absolute atomic E-state index is 5.57. The second kappa shape index (κ2) is 5.32. The Morgan fingerprint density at radius 1 is 1.05 bits per heavy atom. The first-order valence-corrected chi connectivity index (χ1v) is 6.45. The molecule has 0 atom stereocenters. The summed E-state index contributed by atoms with van der Waals surface area (Å²) in [5.74, 6) is 1.47. The minimum atomic E-state index is 0.249. The fourth-order valence-electron chi connectivity index (χ4n) is 2.38. The van der Waals surface area contributed by atoms with Gasteiger partial charge in [0, 0.05) is 18.8 Å². The number of rotatable bonds is 2. The minimum absolute atomic E-state index is 0.249. The molecule has 0 bridgehead atoms. The first kappa shape index (κ1) is 12.0. The molecule has 2 N–H and O–H groups in total. The van der Waals surface area contributed by atoms with Crippen LogP contribution in [-0.2, 0) is 4.74 Å². The molecule has 0 spiro atoms. The van der Waals surface area contributed by atoms with Crippen LogP contribution in [0.2, 0.25) is 0 Å². The van der Waals surface area contributed by atoms with Gasteiger partial charge in [0.25, 0.3) is 0 Å². The van der Waals surface area contributed by atoms with E-state index >= 15 is 0 Å². The van der Waals surface area contributed by atoms with Crippen LogP contribution in [0, 0.1) is 0 Å². The summed E-state index contributed by atoms with van der Waals surface area (Å²) in [6, 6.07) is 8.37. The summed E-state index contributed by atoms with van der Waals surface area (Å²) in [7, 11) is 0. The number of aromatic nitrogens is 3. The lowest BCUT2D eigenvalue weighted by molar-refractivity contribution is 0.0853. The highest BCUT2D eigenvalue weighted by atomic mass is 16.5. The number of ether oxygens (including phenoxy) is 1. The molecule has 1 aromatic heterocycles. The largest absolute Gasteiger partial charge is 0.381 e. The zero-order valence-corrected chi connectivity index (χ0v) is 10.6. The molecule has 1 saturated heterocycles. The Hall–Kier alpha value is -2.01. The van der Waals surface area contributed by atoms with Crippen molar-refractivity contribution in [1.29, 1.82) is 0 Å². The van der Waals surface area contributed by atoms with Gasteiger partial charge < -0.3 is 10.5 Å². The van der Waals surface area contributed by atoms with Crippen LogP contribution in [0.1, 0.15) is 24.3 Å². The maximum Gasteiger partial charge on any atom is 0.223 e. The summed E-state index contributed by atoms with van der Waals surface area (Å²) in [6.45, 7) is 1.72. The fraction of sp³-hybridized carbons (Fsp3) is 0.357. The molecule has 5 nitrogen and oxygen atoms in total. The van der Waals surface area contributed by atoms with E-state index in [-0.39, 0.29) is 5.95 Å². The van der Waals surface area contributed by atoms with Crippen molar-refractivity contribution in [1.82, 2.24) is 15.0 Å². The molecule has 2 aromatic rings. The SMILES string of the molecule is Nc1ncnc(-c2ccc(C3CCOCC3)cc2)n1. The summed E-state index contributed by atoms with van der Waals surface area (Å²) in [5.41, 5.74) is 7.89. The summed E-state index contributed by atoms with van der Waals surface area (Å²) in [4.78, 5) is 12.0. The second-order valence-corrected chi connectivity index (χ2v) is 4.68. The van der Waals surface area contributed by atoms with E-state index in [1.54, 1.807) is 0 Å². The van der Waals surface area contributed by atoms with E-state index in [1.807, 2.05) is 12.1 Å². The fourth-order valence-corrected chi connectivity index (χ4v) is 2.38. The molecule has 0 amide bonds. The lowest BCUT2D eigenvalue weighted by atomic mass is 9.91. The van der Waals surface area contributed by atoms with Crippen molar-refractivity contribution in [2.75, 3.05) is 18.9 Å². The molecule has 1 aromatic carbocycles. The highest BCUT2D eigenvalue weighted by Gasteiger charge is 2.15. The van der Waals surface area contributed by atoms with Gasteiger partial charge in [-0.25, -0.2) is 9.97 Å². The predicted molar refractivity (Wildman–Crippen MR) is 72.5 cm³/mol. The van der Waals surface area contributed by atoms with E-state index in [4.69, 9.17) is 10.5 Å². The molecule has 2 heterocycles. The van der Waals surface area contributed by atoms with Crippen LogP contribution in [-0.4, -0.2) is 28.2 Å². The van der Waals surface area contributed by atoms with Crippen molar-refractivity contribution in [3.05, 3.63) is 36.2 Å². The summed E-state index contributed by atoms with van der Waals surface area (Å²) in [6.07, 6.45) is 3.63. The third-order valence-electron chi connectivity index (χ3n) is 3.45. The molecule has 1 fully saturated rings. The van der Waals surface area contributed by atoms with Gasteiger partial charge in [-0.3, -0.25) is 0 Å². The van der Waals surface area contributed by atoms with Gasteiger partial charge in [-0.05, 0) is 24.3 Å². The zero-order valence-electron chi connectivity index (χ0n) is 10.6. The van der Waals surface area contributed by atoms with Crippen molar-refractivity contribution in [2.45, 2.75) is 18.8 Å². The van der Waals surface area contributed by atoms with Gasteiger partial charge in [0.2, 0.25) is 5.95 Å². The minimum Gasteiger partial charge on any atom is -0.381 e. The molecule has 0 aliphatic carbocycles. The van der Waals surface area contributed by atoms with E-state index in [9.17, 15) is 0 Å². The Bertz CT molecular complexity index is 550. The average Bonchev–Trinajstić information content (AvgIpc) is 2.48. The van der Waals surface area contributed by atoms with Crippen LogP contribution >= 0.6 is 0 Å². The average molecular weight is 256 g/mol. The standard InChI is InChI=1S/C14H16N4O/c15-14-17-9-16-13(18-14)12-3-1-10(2-4-12)11-5-7-19-8-6-11/h1-4,9,11H,5-8H2,(H2,15,16,17,18). The Balaban J connectivity index is 1.82. The Morgan fingerprint density at radius 3 is 2.47 bits per heavy atom. The van der Waals surface area contributed by atoms with E-state index in [0.717, 1.165) is 31.6 Å². The number of nitrogen functional groups attached to an aromatic ring is 1. The number of hydrogen-bond donors (Lipinski definition) is 1. The number of benzene rings is 1. The monoisotopic (exact) mass is 256 g/mol. The molecule has 98 valence electrons. The zero-order chi connectivity index (χ0) is 13.1. The molecule has 5 heteroatoms. The molecule has 1 aliphatic heterocycles. The van der Waals surface area contributed by atoms with Crippen LogP contribution in [0.25, 0.3) is 11.4 Å². The maximum atomic E-state index is 5.57. The summed E-state index contributed by atoms with van der Waals surface area (Å²) in [5, 5.41) is 0. The van der Waals surface area contributed by atoms with E-state index in [2.05, 4.69) is 27.1 Å². The lowest BCUT2D eigenvalue weighted by Gasteiger charge is -2.22. The summed E-state index contributed by atoms with van der Waals surface area (Å²) >= 11 is 0. The molecular formula is C14H16N4O. The highest BCUT2D eigenvalue weighted by Crippen LogP contribution is 2.28. The second-order valence-electron chi connectivity index (χ2n) is 4.68. The quantitative estimate of drug-likeness (QED) is 0.889. The van der Waals surface area contributed by atoms with Gasteiger partial charge in [0.1, 0.15) is 6.33 Å². The number of nitrogens with two attached hydrogens (primary N) is 1. The Morgan fingerprint density at radius 2 is 1.79 bits per heavy atom. The van der Waals surface area contributed by atoms with Crippen LogP contribution in [0.4, 0.5) is 5.95 Å². The van der Waals surface area contributed by atoms with Gasteiger partial charge in [-0.15, -0.1) is 0 Å². The molecular weight excluding hydrogens is 240 g/mol.